The number of carboxylic acids is 3. The van der Waals surface area contributed by atoms with Crippen LogP contribution in [0.3, 0.4) is 0 Å². The Kier molecular flexibility index (Phi) is 12.5. The van der Waals surface area contributed by atoms with E-state index < -0.39 is 43.3 Å². The molecule has 0 amide bonds. The summed E-state index contributed by atoms with van der Waals surface area (Å²) in [5.41, 5.74) is 0. The van der Waals surface area contributed by atoms with Crippen molar-refractivity contribution in [2.24, 2.45) is 0 Å². The quantitative estimate of drug-likeness (QED) is 0.190. The first-order valence-electron chi connectivity index (χ1n) is 10.1. The van der Waals surface area contributed by atoms with E-state index in [-0.39, 0.29) is 72.0 Å². The van der Waals surface area contributed by atoms with Gasteiger partial charge in [-0.3, -0.25) is 34.0 Å². The zero-order valence-corrected chi connectivity index (χ0v) is 17.5. The SMILES string of the molecule is O=C(O)CN1CCN(CC(=O)O)CCN([C@@H](CO)[C@H](O)CO)CCN(CC(=O)O)CC1. The van der Waals surface area contributed by atoms with Crippen LogP contribution in [0.15, 0.2) is 0 Å². The maximum Gasteiger partial charge on any atom is 0.317 e. The number of carboxylic acid groups (broad SMARTS) is 3. The van der Waals surface area contributed by atoms with Crippen molar-refractivity contribution in [1.29, 1.82) is 0 Å². The number of aliphatic hydroxyl groups is 3. The summed E-state index contributed by atoms with van der Waals surface area (Å²) in [5, 5.41) is 56.6. The number of aliphatic carboxylic acids is 3. The lowest BCUT2D eigenvalue weighted by Gasteiger charge is -2.37. The molecule has 13 nitrogen and oxygen atoms in total. The van der Waals surface area contributed by atoms with Gasteiger partial charge in [0.2, 0.25) is 0 Å². The molecule has 0 aromatic carbocycles. The largest absolute Gasteiger partial charge is 0.480 e. The Morgan fingerprint density at radius 3 is 1.19 bits per heavy atom. The molecule has 1 saturated heterocycles. The van der Waals surface area contributed by atoms with Crippen molar-refractivity contribution in [3.8, 4) is 0 Å². The smallest absolute Gasteiger partial charge is 0.317 e. The Labute approximate surface area is 180 Å². The highest BCUT2D eigenvalue weighted by Crippen LogP contribution is 2.08. The number of hydrogen-bond acceptors (Lipinski definition) is 10. The summed E-state index contributed by atoms with van der Waals surface area (Å²) in [7, 11) is 0. The van der Waals surface area contributed by atoms with E-state index in [9.17, 15) is 39.9 Å². The van der Waals surface area contributed by atoms with E-state index in [0.29, 0.717) is 0 Å². The van der Waals surface area contributed by atoms with Crippen LogP contribution in [0.4, 0.5) is 0 Å². The maximum absolute atomic E-state index is 11.2. The molecule has 180 valence electrons. The highest BCUT2D eigenvalue weighted by molar-refractivity contribution is 5.69. The van der Waals surface area contributed by atoms with Crippen LogP contribution in [0.1, 0.15) is 0 Å². The van der Waals surface area contributed by atoms with Gasteiger partial charge in [0, 0.05) is 52.4 Å². The van der Waals surface area contributed by atoms with Crippen molar-refractivity contribution in [1.82, 2.24) is 19.6 Å². The van der Waals surface area contributed by atoms with Gasteiger partial charge in [0.1, 0.15) is 0 Å². The van der Waals surface area contributed by atoms with Crippen molar-refractivity contribution in [2.45, 2.75) is 12.1 Å². The molecule has 31 heavy (non-hydrogen) atoms. The van der Waals surface area contributed by atoms with Crippen LogP contribution in [0.2, 0.25) is 0 Å². The number of carbonyl (C=O) groups is 3. The van der Waals surface area contributed by atoms with Gasteiger partial charge in [-0.2, -0.15) is 0 Å². The van der Waals surface area contributed by atoms with Gasteiger partial charge < -0.3 is 30.6 Å². The average Bonchev–Trinajstić information content (AvgIpc) is 2.68. The van der Waals surface area contributed by atoms with E-state index in [0.717, 1.165) is 0 Å². The lowest BCUT2D eigenvalue weighted by Crippen LogP contribution is -2.54. The lowest BCUT2D eigenvalue weighted by atomic mass is 10.1. The predicted octanol–water partition coefficient (Wildman–Crippen LogP) is -3.82. The molecule has 0 saturated carbocycles. The first kappa shape index (κ1) is 27.2. The topological polar surface area (TPSA) is 186 Å². The second-order valence-electron chi connectivity index (χ2n) is 7.55. The molecule has 0 unspecified atom stereocenters. The number of nitrogens with zero attached hydrogens (tertiary/aromatic N) is 4. The van der Waals surface area contributed by atoms with Crippen LogP contribution in [-0.4, -0.2) is 165 Å². The monoisotopic (exact) mass is 450 g/mol. The molecule has 13 heteroatoms. The van der Waals surface area contributed by atoms with Crippen LogP contribution in [0.5, 0.6) is 0 Å². The highest BCUT2D eigenvalue weighted by atomic mass is 16.4. The third-order valence-corrected chi connectivity index (χ3v) is 5.24. The van der Waals surface area contributed by atoms with E-state index in [1.807, 2.05) is 0 Å². The Hall–Kier alpha value is -1.87. The van der Waals surface area contributed by atoms with Crippen molar-refractivity contribution in [3.63, 3.8) is 0 Å². The second kappa shape index (κ2) is 14.2. The van der Waals surface area contributed by atoms with Crippen molar-refractivity contribution in [2.75, 3.05) is 85.2 Å². The van der Waals surface area contributed by atoms with Gasteiger partial charge in [-0.25, -0.2) is 0 Å². The lowest BCUT2D eigenvalue weighted by molar-refractivity contribution is -0.140. The molecule has 0 aromatic rings. The number of aliphatic hydroxyl groups excluding tert-OH is 3. The van der Waals surface area contributed by atoms with E-state index in [1.54, 1.807) is 19.6 Å². The summed E-state index contributed by atoms with van der Waals surface area (Å²) < 4.78 is 0. The van der Waals surface area contributed by atoms with Crippen molar-refractivity contribution in [3.05, 3.63) is 0 Å². The Morgan fingerprint density at radius 1 is 0.613 bits per heavy atom. The third kappa shape index (κ3) is 10.8. The van der Waals surface area contributed by atoms with E-state index >= 15 is 0 Å². The van der Waals surface area contributed by atoms with Crippen LogP contribution >= 0.6 is 0 Å². The fourth-order valence-electron chi connectivity index (χ4n) is 3.53. The Morgan fingerprint density at radius 2 is 0.935 bits per heavy atom. The summed E-state index contributed by atoms with van der Waals surface area (Å²) in [6.07, 6.45) is -1.22. The van der Waals surface area contributed by atoms with E-state index in [4.69, 9.17) is 5.11 Å². The summed E-state index contributed by atoms with van der Waals surface area (Å²) in [6.45, 7) is 0.396. The second-order valence-corrected chi connectivity index (χ2v) is 7.55. The van der Waals surface area contributed by atoms with Crippen molar-refractivity contribution < 1.29 is 45.0 Å². The minimum Gasteiger partial charge on any atom is -0.480 e. The Balaban J connectivity index is 3.05. The van der Waals surface area contributed by atoms with Crippen molar-refractivity contribution >= 4 is 17.9 Å². The fraction of sp³-hybridized carbons (Fsp3) is 0.833. The van der Waals surface area contributed by atoms with Gasteiger partial charge in [0.05, 0.1) is 45.0 Å². The van der Waals surface area contributed by atoms with Crippen LogP contribution in [-0.2, 0) is 14.4 Å². The molecule has 0 radical (unpaired) electrons. The van der Waals surface area contributed by atoms with Gasteiger partial charge in [0.25, 0.3) is 0 Å². The molecule has 1 rings (SSSR count). The molecule has 0 bridgehead atoms. The van der Waals surface area contributed by atoms with Crippen LogP contribution in [0, 0.1) is 0 Å². The predicted molar refractivity (Wildman–Crippen MR) is 108 cm³/mol. The summed E-state index contributed by atoms with van der Waals surface area (Å²) in [4.78, 5) is 40.3. The van der Waals surface area contributed by atoms with Gasteiger partial charge in [0.15, 0.2) is 0 Å². The molecule has 0 aliphatic carbocycles. The van der Waals surface area contributed by atoms with Gasteiger partial charge in [-0.1, -0.05) is 0 Å². The highest BCUT2D eigenvalue weighted by Gasteiger charge is 2.27. The maximum atomic E-state index is 11.2. The summed E-state index contributed by atoms with van der Waals surface area (Å²) in [5.74, 6) is -3.10. The molecule has 6 N–H and O–H groups in total. The zero-order chi connectivity index (χ0) is 23.4. The normalized spacial score (nSPS) is 21.0. The zero-order valence-electron chi connectivity index (χ0n) is 17.5. The fourth-order valence-corrected chi connectivity index (χ4v) is 3.53. The molecule has 1 aliphatic rings. The Bertz CT molecular complexity index is 548. The minimum atomic E-state index is -1.22. The summed E-state index contributed by atoms with van der Waals surface area (Å²) in [6, 6.07) is -0.796. The average molecular weight is 450 g/mol. The van der Waals surface area contributed by atoms with Crippen LogP contribution in [0.25, 0.3) is 0 Å². The molecular weight excluding hydrogens is 416 g/mol. The van der Waals surface area contributed by atoms with E-state index in [2.05, 4.69) is 0 Å². The molecular formula is C18H34N4O9. The molecule has 1 aliphatic heterocycles. The third-order valence-electron chi connectivity index (χ3n) is 5.24. The first-order valence-corrected chi connectivity index (χ1v) is 10.1. The molecule has 0 aromatic heterocycles. The van der Waals surface area contributed by atoms with Gasteiger partial charge >= 0.3 is 17.9 Å². The van der Waals surface area contributed by atoms with Gasteiger partial charge in [-0.05, 0) is 0 Å². The molecule has 1 heterocycles. The minimum absolute atomic E-state index is 0.247. The first-order chi connectivity index (χ1) is 14.7. The van der Waals surface area contributed by atoms with Crippen LogP contribution < -0.4 is 0 Å². The van der Waals surface area contributed by atoms with Gasteiger partial charge in [-0.15, -0.1) is 0 Å². The summed E-state index contributed by atoms with van der Waals surface area (Å²) >= 11 is 0. The molecule has 0 spiro atoms. The van der Waals surface area contributed by atoms with E-state index in [1.165, 1.54) is 0 Å². The number of rotatable bonds is 10. The molecule has 2 atom stereocenters. The number of hydrogen-bond donors (Lipinski definition) is 6. The standard InChI is InChI=1S/C18H34N4O9/c23-12-14(15(25)13-24)22-7-5-20(10-17(28)29)3-1-19(9-16(26)27)2-4-21(6-8-22)11-18(30)31/h14-15,23-25H,1-13H2,(H,26,27)(H,28,29)(H,30,31)/t14-,15+/m0/s1. The molecule has 1 fully saturated rings.